The highest BCUT2D eigenvalue weighted by Crippen LogP contribution is 2.28. The summed E-state index contributed by atoms with van der Waals surface area (Å²) in [5, 5.41) is 13.5. The van der Waals surface area contributed by atoms with Gasteiger partial charge in [0.2, 0.25) is 0 Å². The van der Waals surface area contributed by atoms with Gasteiger partial charge in [-0.15, -0.1) is 0 Å². The molecule has 1 aliphatic carbocycles. The van der Waals surface area contributed by atoms with Crippen molar-refractivity contribution in [1.82, 2.24) is 5.32 Å². The maximum absolute atomic E-state index is 10.1. The van der Waals surface area contributed by atoms with Gasteiger partial charge in [-0.05, 0) is 44.4 Å². The molecule has 3 heteroatoms. The first kappa shape index (κ1) is 17.9. The largest absolute Gasteiger partial charge is 0.389 e. The number of ether oxygens (including phenoxy) is 1. The first-order chi connectivity index (χ1) is 9.09. The van der Waals surface area contributed by atoms with E-state index in [-0.39, 0.29) is 11.0 Å². The summed E-state index contributed by atoms with van der Waals surface area (Å²) in [6.07, 6.45) is 4.69. The summed E-state index contributed by atoms with van der Waals surface area (Å²) in [4.78, 5) is 0. The summed E-state index contributed by atoms with van der Waals surface area (Å²) in [7, 11) is 0. The van der Waals surface area contributed by atoms with Crippen molar-refractivity contribution >= 4 is 0 Å². The maximum Gasteiger partial charge on any atom is 0.0898 e. The SMILES string of the molecule is C[C@@H]1CCC[C@H]1OC[C@@H](O)CNC(C)(C)CC(C)(C)C. The van der Waals surface area contributed by atoms with Gasteiger partial charge in [-0.2, -0.15) is 0 Å². The Balaban J connectivity index is 2.23. The lowest BCUT2D eigenvalue weighted by Gasteiger charge is -2.34. The molecule has 0 aromatic carbocycles. The first-order valence-electron chi connectivity index (χ1n) is 8.14. The summed E-state index contributed by atoms with van der Waals surface area (Å²) in [6, 6.07) is 0. The molecule has 0 aliphatic heterocycles. The van der Waals surface area contributed by atoms with E-state index in [1.807, 2.05) is 0 Å². The van der Waals surface area contributed by atoms with Gasteiger partial charge in [0.05, 0.1) is 18.8 Å². The molecule has 0 bridgehead atoms. The Morgan fingerprint density at radius 1 is 1.20 bits per heavy atom. The van der Waals surface area contributed by atoms with Crippen LogP contribution in [0.15, 0.2) is 0 Å². The molecule has 2 N–H and O–H groups in total. The summed E-state index contributed by atoms with van der Waals surface area (Å²) in [5.74, 6) is 0.646. The Bertz CT molecular complexity index is 283. The maximum atomic E-state index is 10.1. The predicted molar refractivity (Wildman–Crippen MR) is 84.9 cm³/mol. The lowest BCUT2D eigenvalue weighted by atomic mass is 9.82. The molecule has 0 spiro atoms. The number of rotatable bonds is 7. The van der Waals surface area contributed by atoms with E-state index in [0.717, 1.165) is 12.8 Å². The molecule has 1 fully saturated rings. The molecular formula is C17H35NO2. The molecule has 0 radical (unpaired) electrons. The second-order valence-corrected chi connectivity index (χ2v) is 8.44. The first-order valence-corrected chi connectivity index (χ1v) is 8.14. The van der Waals surface area contributed by atoms with Crippen molar-refractivity contribution in [1.29, 1.82) is 0 Å². The highest BCUT2D eigenvalue weighted by molar-refractivity contribution is 4.84. The lowest BCUT2D eigenvalue weighted by molar-refractivity contribution is -0.0232. The van der Waals surface area contributed by atoms with E-state index in [0.29, 0.717) is 25.2 Å². The lowest BCUT2D eigenvalue weighted by Crippen LogP contribution is -2.46. The molecule has 0 saturated heterocycles. The number of β-amino-alcohol motifs (C(OH)–C–C–N with tert-alkyl or cyclic N) is 1. The van der Waals surface area contributed by atoms with E-state index in [1.54, 1.807) is 0 Å². The van der Waals surface area contributed by atoms with Gasteiger partial charge in [0.15, 0.2) is 0 Å². The van der Waals surface area contributed by atoms with Gasteiger partial charge in [-0.1, -0.05) is 34.1 Å². The van der Waals surface area contributed by atoms with Gasteiger partial charge in [-0.3, -0.25) is 0 Å². The van der Waals surface area contributed by atoms with Crippen molar-refractivity contribution in [3.8, 4) is 0 Å². The normalized spacial score (nSPS) is 25.9. The predicted octanol–water partition coefficient (Wildman–Crippen LogP) is 3.36. The average molecular weight is 285 g/mol. The van der Waals surface area contributed by atoms with Gasteiger partial charge in [0.1, 0.15) is 0 Å². The molecule has 0 heterocycles. The van der Waals surface area contributed by atoms with Crippen LogP contribution in [-0.2, 0) is 4.74 Å². The van der Waals surface area contributed by atoms with Gasteiger partial charge in [0.25, 0.3) is 0 Å². The van der Waals surface area contributed by atoms with Crippen LogP contribution in [0.5, 0.6) is 0 Å². The van der Waals surface area contributed by atoms with Crippen LogP contribution in [0.2, 0.25) is 0 Å². The third-order valence-electron chi connectivity index (χ3n) is 4.07. The number of hydrogen-bond donors (Lipinski definition) is 2. The molecule has 120 valence electrons. The average Bonchev–Trinajstić information content (AvgIpc) is 2.66. The summed E-state index contributed by atoms with van der Waals surface area (Å²) < 4.78 is 5.85. The van der Waals surface area contributed by atoms with E-state index in [1.165, 1.54) is 12.8 Å². The van der Waals surface area contributed by atoms with Crippen LogP contribution in [0.25, 0.3) is 0 Å². The van der Waals surface area contributed by atoms with Crippen LogP contribution in [0, 0.1) is 11.3 Å². The van der Waals surface area contributed by atoms with E-state index < -0.39 is 6.10 Å². The van der Waals surface area contributed by atoms with Crippen molar-refractivity contribution in [3.63, 3.8) is 0 Å². The molecule has 1 saturated carbocycles. The Hall–Kier alpha value is -0.120. The Labute approximate surface area is 125 Å². The minimum absolute atomic E-state index is 0.0415. The van der Waals surface area contributed by atoms with Crippen LogP contribution < -0.4 is 5.32 Å². The zero-order valence-corrected chi connectivity index (χ0v) is 14.3. The molecule has 1 aliphatic rings. The fourth-order valence-electron chi connectivity index (χ4n) is 3.44. The second kappa shape index (κ2) is 7.24. The van der Waals surface area contributed by atoms with Crippen LogP contribution in [0.4, 0.5) is 0 Å². The van der Waals surface area contributed by atoms with E-state index >= 15 is 0 Å². The van der Waals surface area contributed by atoms with E-state index in [2.05, 4.69) is 46.9 Å². The van der Waals surface area contributed by atoms with Crippen molar-refractivity contribution in [2.24, 2.45) is 11.3 Å². The molecule has 3 atom stereocenters. The zero-order valence-electron chi connectivity index (χ0n) is 14.3. The summed E-state index contributed by atoms with van der Waals surface area (Å²) in [5.41, 5.74) is 0.330. The smallest absolute Gasteiger partial charge is 0.0898 e. The second-order valence-electron chi connectivity index (χ2n) is 8.44. The zero-order chi connectivity index (χ0) is 15.4. The Morgan fingerprint density at radius 2 is 1.85 bits per heavy atom. The number of aliphatic hydroxyl groups excluding tert-OH is 1. The molecule has 1 rings (SSSR count). The van der Waals surface area contributed by atoms with Crippen LogP contribution in [-0.4, -0.2) is 36.0 Å². The Morgan fingerprint density at radius 3 is 2.35 bits per heavy atom. The fourth-order valence-corrected chi connectivity index (χ4v) is 3.44. The molecule has 0 unspecified atom stereocenters. The van der Waals surface area contributed by atoms with Crippen molar-refractivity contribution in [2.75, 3.05) is 13.2 Å². The molecule has 3 nitrogen and oxygen atoms in total. The van der Waals surface area contributed by atoms with Crippen LogP contribution >= 0.6 is 0 Å². The molecular weight excluding hydrogens is 250 g/mol. The molecule has 20 heavy (non-hydrogen) atoms. The number of nitrogens with one attached hydrogen (secondary N) is 1. The van der Waals surface area contributed by atoms with E-state index in [9.17, 15) is 5.11 Å². The van der Waals surface area contributed by atoms with Gasteiger partial charge in [-0.25, -0.2) is 0 Å². The minimum atomic E-state index is -0.415. The van der Waals surface area contributed by atoms with E-state index in [4.69, 9.17) is 4.74 Å². The van der Waals surface area contributed by atoms with Crippen molar-refractivity contribution in [3.05, 3.63) is 0 Å². The van der Waals surface area contributed by atoms with Crippen molar-refractivity contribution < 1.29 is 9.84 Å². The minimum Gasteiger partial charge on any atom is -0.389 e. The molecule has 0 aromatic rings. The topological polar surface area (TPSA) is 41.5 Å². The third kappa shape index (κ3) is 7.05. The standard InChI is InChI=1S/C17H35NO2/c1-13-8-7-9-15(13)20-11-14(19)10-18-17(5,6)12-16(2,3)4/h13-15,18-19H,7-12H2,1-6H3/t13-,14+,15-/m1/s1. The van der Waals surface area contributed by atoms with Gasteiger partial charge < -0.3 is 15.2 Å². The third-order valence-corrected chi connectivity index (χ3v) is 4.07. The fraction of sp³-hybridized carbons (Fsp3) is 1.00. The highest BCUT2D eigenvalue weighted by Gasteiger charge is 2.27. The highest BCUT2D eigenvalue weighted by atomic mass is 16.5. The van der Waals surface area contributed by atoms with Gasteiger partial charge >= 0.3 is 0 Å². The number of aliphatic hydroxyl groups is 1. The van der Waals surface area contributed by atoms with Gasteiger partial charge in [0, 0.05) is 12.1 Å². The monoisotopic (exact) mass is 285 g/mol. The molecule has 0 amide bonds. The van der Waals surface area contributed by atoms with Crippen molar-refractivity contribution in [2.45, 2.75) is 85.0 Å². The van der Waals surface area contributed by atoms with Crippen LogP contribution in [0.3, 0.4) is 0 Å². The molecule has 0 aromatic heterocycles. The summed E-state index contributed by atoms with van der Waals surface area (Å²) >= 11 is 0. The van der Waals surface area contributed by atoms with Crippen LogP contribution in [0.1, 0.15) is 67.2 Å². The Kier molecular flexibility index (Phi) is 6.49. The quantitative estimate of drug-likeness (QED) is 0.753. The number of hydrogen-bond acceptors (Lipinski definition) is 3. The summed E-state index contributed by atoms with van der Waals surface area (Å²) in [6.45, 7) is 14.4.